The molecular formula is C26H24Cl2N2O4. The van der Waals surface area contributed by atoms with Gasteiger partial charge in [-0.3, -0.25) is 19.2 Å². The van der Waals surface area contributed by atoms with Crippen LogP contribution in [0.4, 0.5) is 0 Å². The van der Waals surface area contributed by atoms with Crippen LogP contribution in [0.1, 0.15) is 53.0 Å². The van der Waals surface area contributed by atoms with E-state index in [1.54, 1.807) is 24.3 Å². The van der Waals surface area contributed by atoms with Gasteiger partial charge < -0.3 is 0 Å². The summed E-state index contributed by atoms with van der Waals surface area (Å²) in [5, 5.41) is 2.23. The minimum absolute atomic E-state index is 0.0411. The van der Waals surface area contributed by atoms with Gasteiger partial charge in [0.15, 0.2) is 5.78 Å². The predicted octanol–water partition coefficient (Wildman–Crippen LogP) is 5.27. The smallest absolute Gasteiger partial charge is 0.275 e. The van der Waals surface area contributed by atoms with Gasteiger partial charge in [-0.2, -0.15) is 5.01 Å². The summed E-state index contributed by atoms with van der Waals surface area (Å²) in [7, 11) is 0. The van der Waals surface area contributed by atoms with Gasteiger partial charge in [0.2, 0.25) is 0 Å². The van der Waals surface area contributed by atoms with Crippen molar-refractivity contribution in [2.45, 2.75) is 39.7 Å². The maximum atomic E-state index is 13.7. The molecule has 0 N–H and O–H groups in total. The van der Waals surface area contributed by atoms with E-state index in [2.05, 4.69) is 0 Å². The van der Waals surface area contributed by atoms with Crippen molar-refractivity contribution in [3.05, 3.63) is 80.8 Å². The molecule has 0 unspecified atom stereocenters. The van der Waals surface area contributed by atoms with Crippen LogP contribution in [0.2, 0.25) is 10.0 Å². The van der Waals surface area contributed by atoms with Crippen molar-refractivity contribution in [3.8, 4) is 0 Å². The maximum absolute atomic E-state index is 13.7. The van der Waals surface area contributed by atoms with Crippen molar-refractivity contribution in [1.29, 1.82) is 0 Å². The van der Waals surface area contributed by atoms with E-state index in [1.807, 2.05) is 19.9 Å². The molecule has 0 bridgehead atoms. The molecule has 6 nitrogen and oxygen atoms in total. The third-order valence-electron chi connectivity index (χ3n) is 6.47. The topological polar surface area (TPSA) is 74.8 Å². The summed E-state index contributed by atoms with van der Waals surface area (Å²) in [6.07, 6.45) is 2.80. The average molecular weight is 499 g/mol. The summed E-state index contributed by atoms with van der Waals surface area (Å²) in [6, 6.07) is 10.1. The number of amides is 3. The number of aryl methyl sites for hydroxylation is 1. The SMILES string of the molecule is CC1=CC[C@@H]2C(=O)N(N(C(=O)c3ccc(Cl)cc3Cl)[C@@H](C)C(=O)c3ccc(C)cc3)C(=O)[C@@H]2C1. The van der Waals surface area contributed by atoms with Crippen molar-refractivity contribution in [2.24, 2.45) is 11.8 Å². The number of Topliss-reactive ketones (excluding diaryl/α,β-unsaturated/α-hetero) is 1. The van der Waals surface area contributed by atoms with Gasteiger partial charge in [-0.05, 0) is 51.8 Å². The van der Waals surface area contributed by atoms with Crippen LogP contribution in [0.3, 0.4) is 0 Å². The summed E-state index contributed by atoms with van der Waals surface area (Å²) in [6.45, 7) is 5.32. The van der Waals surface area contributed by atoms with E-state index >= 15 is 0 Å². The van der Waals surface area contributed by atoms with Crippen molar-refractivity contribution in [3.63, 3.8) is 0 Å². The van der Waals surface area contributed by atoms with E-state index < -0.39 is 41.4 Å². The van der Waals surface area contributed by atoms with Gasteiger partial charge in [0.1, 0.15) is 6.04 Å². The molecule has 8 heteroatoms. The number of carbonyl (C=O) groups excluding carboxylic acids is 4. The molecule has 1 saturated heterocycles. The summed E-state index contributed by atoms with van der Waals surface area (Å²) in [5.41, 5.74) is 2.40. The number of hydrogen-bond donors (Lipinski definition) is 0. The Hall–Kier alpha value is -2.96. The standard InChI is InChI=1S/C26H24Cl2N2O4/c1-14-4-7-17(8-5-14)23(31)16(3)29(25(33)20-11-9-18(27)13-22(20)28)30-24(32)19-10-6-15(2)12-21(19)26(30)34/h4-9,11,13,16,19,21H,10,12H2,1-3H3/t16-,19-,21+/m0/s1. The molecule has 3 atom stereocenters. The lowest BCUT2D eigenvalue weighted by Gasteiger charge is -2.35. The number of carbonyl (C=O) groups is 4. The molecule has 4 rings (SSSR count). The van der Waals surface area contributed by atoms with Crippen LogP contribution in [-0.2, 0) is 9.59 Å². The average Bonchev–Trinajstić information content (AvgIpc) is 3.03. The fraction of sp³-hybridized carbons (Fsp3) is 0.308. The van der Waals surface area contributed by atoms with Crippen LogP contribution in [0.5, 0.6) is 0 Å². The Morgan fingerprint density at radius 2 is 1.65 bits per heavy atom. The van der Waals surface area contributed by atoms with Crippen molar-refractivity contribution in [2.75, 3.05) is 0 Å². The van der Waals surface area contributed by atoms with E-state index in [0.29, 0.717) is 23.4 Å². The van der Waals surface area contributed by atoms with Crippen LogP contribution in [0, 0.1) is 18.8 Å². The summed E-state index contributed by atoms with van der Waals surface area (Å²) >= 11 is 12.3. The lowest BCUT2D eigenvalue weighted by Crippen LogP contribution is -2.56. The fourth-order valence-electron chi connectivity index (χ4n) is 4.53. The second kappa shape index (κ2) is 9.35. The largest absolute Gasteiger partial charge is 0.292 e. The van der Waals surface area contributed by atoms with Crippen molar-refractivity contribution >= 4 is 46.7 Å². The number of hydrogen-bond acceptors (Lipinski definition) is 4. The third-order valence-corrected chi connectivity index (χ3v) is 7.02. The quantitative estimate of drug-likeness (QED) is 0.319. The number of imide groups is 1. The molecule has 2 aliphatic rings. The first-order chi connectivity index (χ1) is 16.1. The van der Waals surface area contributed by atoms with Crippen LogP contribution in [0.25, 0.3) is 0 Å². The lowest BCUT2D eigenvalue weighted by atomic mass is 9.82. The minimum Gasteiger partial charge on any atom is -0.292 e. The number of nitrogens with zero attached hydrogens (tertiary/aromatic N) is 2. The Morgan fingerprint density at radius 1 is 1.00 bits per heavy atom. The highest BCUT2D eigenvalue weighted by atomic mass is 35.5. The third kappa shape index (κ3) is 4.28. The highest BCUT2D eigenvalue weighted by molar-refractivity contribution is 6.36. The molecule has 3 amide bonds. The first-order valence-electron chi connectivity index (χ1n) is 11.0. The molecule has 1 aliphatic heterocycles. The molecule has 0 aromatic heterocycles. The normalized spacial score (nSPS) is 20.6. The van der Waals surface area contributed by atoms with Crippen LogP contribution < -0.4 is 0 Å². The zero-order valence-electron chi connectivity index (χ0n) is 19.0. The van der Waals surface area contributed by atoms with Crippen LogP contribution >= 0.6 is 23.2 Å². The molecule has 1 fully saturated rings. The van der Waals surface area contributed by atoms with Gasteiger partial charge in [0, 0.05) is 10.6 Å². The van der Waals surface area contributed by atoms with E-state index in [4.69, 9.17) is 23.2 Å². The number of rotatable bonds is 5. The molecule has 1 aliphatic carbocycles. The molecule has 2 aromatic carbocycles. The highest BCUT2D eigenvalue weighted by Gasteiger charge is 2.53. The van der Waals surface area contributed by atoms with Crippen LogP contribution in [0.15, 0.2) is 54.1 Å². The van der Waals surface area contributed by atoms with Gasteiger partial charge in [-0.1, -0.05) is 64.7 Å². The number of fused-ring (bicyclic) bond motifs is 1. The van der Waals surface area contributed by atoms with Gasteiger partial charge >= 0.3 is 0 Å². The van der Waals surface area contributed by atoms with Gasteiger partial charge in [0.05, 0.1) is 22.4 Å². The molecule has 0 saturated carbocycles. The summed E-state index contributed by atoms with van der Waals surface area (Å²) in [5.74, 6) is -3.21. The Kier molecular flexibility index (Phi) is 6.65. The van der Waals surface area contributed by atoms with E-state index in [-0.39, 0.29) is 10.6 Å². The number of halogens is 2. The molecule has 0 radical (unpaired) electrons. The number of allylic oxidation sites excluding steroid dienone is 2. The second-order valence-electron chi connectivity index (χ2n) is 8.87. The fourth-order valence-corrected chi connectivity index (χ4v) is 5.02. The lowest BCUT2D eigenvalue weighted by molar-refractivity contribution is -0.156. The predicted molar refractivity (Wildman–Crippen MR) is 129 cm³/mol. The Labute approximate surface area is 208 Å². The molecule has 34 heavy (non-hydrogen) atoms. The zero-order valence-corrected chi connectivity index (χ0v) is 20.6. The van der Waals surface area contributed by atoms with Gasteiger partial charge in [0.25, 0.3) is 17.7 Å². The minimum atomic E-state index is -1.14. The first kappa shape index (κ1) is 24.2. The first-order valence-corrected chi connectivity index (χ1v) is 11.8. The van der Waals surface area contributed by atoms with Crippen molar-refractivity contribution < 1.29 is 19.2 Å². The second-order valence-corrected chi connectivity index (χ2v) is 9.72. The number of ketones is 1. The van der Waals surface area contributed by atoms with E-state index in [9.17, 15) is 19.2 Å². The molecule has 2 aromatic rings. The molecule has 0 spiro atoms. The Bertz CT molecular complexity index is 1220. The zero-order chi connectivity index (χ0) is 24.7. The molecular weight excluding hydrogens is 475 g/mol. The monoisotopic (exact) mass is 498 g/mol. The molecule has 176 valence electrons. The highest BCUT2D eigenvalue weighted by Crippen LogP contribution is 2.39. The Morgan fingerprint density at radius 3 is 2.29 bits per heavy atom. The van der Waals surface area contributed by atoms with Gasteiger partial charge in [-0.15, -0.1) is 0 Å². The molecule has 1 heterocycles. The van der Waals surface area contributed by atoms with E-state index in [0.717, 1.165) is 21.2 Å². The Balaban J connectivity index is 1.77. The van der Waals surface area contributed by atoms with Gasteiger partial charge in [-0.25, -0.2) is 5.01 Å². The number of benzene rings is 2. The van der Waals surface area contributed by atoms with Crippen molar-refractivity contribution in [1.82, 2.24) is 10.0 Å². The summed E-state index contributed by atoms with van der Waals surface area (Å²) in [4.78, 5) is 54.0. The van der Waals surface area contributed by atoms with E-state index in [1.165, 1.54) is 25.1 Å². The maximum Gasteiger partial charge on any atom is 0.275 e. The summed E-state index contributed by atoms with van der Waals surface area (Å²) < 4.78 is 0. The number of hydrazine groups is 1. The van der Waals surface area contributed by atoms with Crippen LogP contribution in [-0.4, -0.2) is 39.6 Å².